The van der Waals surface area contributed by atoms with Crippen molar-refractivity contribution in [2.75, 3.05) is 11.4 Å². The summed E-state index contributed by atoms with van der Waals surface area (Å²) in [6.45, 7) is 5.54. The van der Waals surface area contributed by atoms with Crippen LogP contribution in [0.2, 0.25) is 0 Å². The Morgan fingerprint density at radius 3 is 2.95 bits per heavy atom. The molecule has 0 aliphatic carbocycles. The second-order valence-corrected chi connectivity index (χ2v) is 6.89. The summed E-state index contributed by atoms with van der Waals surface area (Å²) in [4.78, 5) is 8.15. The van der Waals surface area contributed by atoms with Gasteiger partial charge in [-0.25, -0.2) is 4.98 Å². The Morgan fingerprint density at radius 1 is 1.38 bits per heavy atom. The van der Waals surface area contributed by atoms with Crippen molar-refractivity contribution in [1.82, 2.24) is 4.98 Å². The fourth-order valence-corrected chi connectivity index (χ4v) is 4.01. The summed E-state index contributed by atoms with van der Waals surface area (Å²) >= 11 is 1.64. The van der Waals surface area contributed by atoms with E-state index in [-0.39, 0.29) is 6.61 Å². The molecule has 1 aromatic carbocycles. The molecule has 3 rings (SSSR count). The van der Waals surface area contributed by atoms with Gasteiger partial charge in [-0.05, 0) is 30.4 Å². The third-order valence-electron chi connectivity index (χ3n) is 3.97. The average Bonchev–Trinajstić information content (AvgIpc) is 2.89. The van der Waals surface area contributed by atoms with E-state index in [2.05, 4.69) is 43.0 Å². The topological polar surface area (TPSA) is 36.4 Å². The lowest BCUT2D eigenvalue weighted by molar-refractivity contribution is 0.284. The monoisotopic (exact) mass is 302 g/mol. The highest BCUT2D eigenvalue weighted by molar-refractivity contribution is 7.15. The van der Waals surface area contributed by atoms with Gasteiger partial charge in [-0.3, -0.25) is 0 Å². The minimum absolute atomic E-state index is 0.0953. The quantitative estimate of drug-likeness (QED) is 0.930. The van der Waals surface area contributed by atoms with E-state index in [0.29, 0.717) is 5.92 Å². The van der Waals surface area contributed by atoms with Crippen LogP contribution in [-0.2, 0) is 19.4 Å². The number of thiazole rings is 1. The summed E-state index contributed by atoms with van der Waals surface area (Å²) in [7, 11) is 0. The van der Waals surface area contributed by atoms with Crippen molar-refractivity contribution in [2.24, 2.45) is 5.92 Å². The van der Waals surface area contributed by atoms with E-state index in [1.807, 2.05) is 0 Å². The third-order valence-corrected chi connectivity index (χ3v) is 5.08. The smallest absolute Gasteiger partial charge is 0.190 e. The Labute approximate surface area is 130 Å². The highest BCUT2D eigenvalue weighted by Gasteiger charge is 2.25. The normalized spacial score (nSPS) is 17.9. The van der Waals surface area contributed by atoms with E-state index in [0.717, 1.165) is 41.5 Å². The number of aliphatic hydroxyl groups is 1. The van der Waals surface area contributed by atoms with Crippen LogP contribution in [0.25, 0.3) is 0 Å². The molecule has 0 amide bonds. The second-order valence-electron chi connectivity index (χ2n) is 5.82. The molecule has 1 aliphatic heterocycles. The molecular weight excluding hydrogens is 280 g/mol. The van der Waals surface area contributed by atoms with Crippen LogP contribution in [0.4, 0.5) is 10.8 Å². The lowest BCUT2D eigenvalue weighted by atomic mass is 9.94. The van der Waals surface area contributed by atoms with Gasteiger partial charge in [0, 0.05) is 12.2 Å². The third kappa shape index (κ3) is 2.83. The number of rotatable bonds is 4. The molecule has 0 saturated heterocycles. The molecule has 112 valence electrons. The minimum atomic E-state index is 0.0953. The predicted molar refractivity (Wildman–Crippen MR) is 88.3 cm³/mol. The maximum atomic E-state index is 9.56. The van der Waals surface area contributed by atoms with Crippen molar-refractivity contribution in [3.63, 3.8) is 0 Å². The van der Waals surface area contributed by atoms with E-state index >= 15 is 0 Å². The van der Waals surface area contributed by atoms with Gasteiger partial charge in [0.05, 0.1) is 17.2 Å². The summed E-state index contributed by atoms with van der Waals surface area (Å²) in [5.41, 5.74) is 3.74. The number of anilines is 2. The van der Waals surface area contributed by atoms with Crippen molar-refractivity contribution in [3.05, 3.63) is 40.4 Å². The highest BCUT2D eigenvalue weighted by Crippen LogP contribution is 2.38. The average molecular weight is 302 g/mol. The molecule has 4 heteroatoms. The number of benzene rings is 1. The van der Waals surface area contributed by atoms with E-state index in [4.69, 9.17) is 4.98 Å². The van der Waals surface area contributed by atoms with Crippen LogP contribution in [0.15, 0.2) is 24.3 Å². The first kappa shape index (κ1) is 14.5. The van der Waals surface area contributed by atoms with Crippen LogP contribution >= 0.6 is 11.3 Å². The molecule has 0 spiro atoms. The summed E-state index contributed by atoms with van der Waals surface area (Å²) < 4.78 is 0. The molecule has 1 aromatic heterocycles. The molecule has 0 bridgehead atoms. The largest absolute Gasteiger partial charge is 0.391 e. The van der Waals surface area contributed by atoms with Crippen molar-refractivity contribution in [3.8, 4) is 0 Å². The number of aryl methyl sites for hydroxylation is 1. The van der Waals surface area contributed by atoms with Crippen molar-refractivity contribution >= 4 is 22.2 Å². The maximum absolute atomic E-state index is 9.56. The number of para-hydroxylation sites is 1. The number of aliphatic hydroxyl groups excluding tert-OH is 1. The van der Waals surface area contributed by atoms with E-state index in [1.54, 1.807) is 11.3 Å². The zero-order chi connectivity index (χ0) is 14.8. The zero-order valence-corrected chi connectivity index (χ0v) is 13.5. The highest BCUT2D eigenvalue weighted by atomic mass is 32.1. The van der Waals surface area contributed by atoms with Gasteiger partial charge in [-0.1, -0.05) is 49.8 Å². The van der Waals surface area contributed by atoms with Gasteiger partial charge in [0.15, 0.2) is 5.13 Å². The Balaban J connectivity index is 2.00. The predicted octanol–water partition coefficient (Wildman–Crippen LogP) is 3.92. The maximum Gasteiger partial charge on any atom is 0.190 e. The first-order valence-electron chi connectivity index (χ1n) is 7.67. The first-order chi connectivity index (χ1) is 10.2. The van der Waals surface area contributed by atoms with Crippen LogP contribution in [0, 0.1) is 5.92 Å². The SMILES string of the molecule is CCCc1nc(N2CC(C)Cc3ccccc32)sc1CO. The van der Waals surface area contributed by atoms with Gasteiger partial charge in [-0.15, -0.1) is 0 Å². The van der Waals surface area contributed by atoms with Crippen molar-refractivity contribution in [1.29, 1.82) is 0 Å². The molecule has 2 aromatic rings. The van der Waals surface area contributed by atoms with Gasteiger partial charge in [-0.2, -0.15) is 0 Å². The molecule has 1 atom stereocenters. The molecule has 1 aliphatic rings. The summed E-state index contributed by atoms with van der Waals surface area (Å²) in [5.74, 6) is 0.621. The lowest BCUT2D eigenvalue weighted by Crippen LogP contribution is -2.30. The van der Waals surface area contributed by atoms with Gasteiger partial charge < -0.3 is 10.0 Å². The van der Waals surface area contributed by atoms with E-state index in [9.17, 15) is 5.11 Å². The lowest BCUT2D eigenvalue weighted by Gasteiger charge is -2.32. The van der Waals surface area contributed by atoms with E-state index < -0.39 is 0 Å². The fraction of sp³-hybridized carbons (Fsp3) is 0.471. The number of fused-ring (bicyclic) bond motifs is 1. The summed E-state index contributed by atoms with van der Waals surface area (Å²) in [5, 5.41) is 10.6. The molecule has 0 fully saturated rings. The van der Waals surface area contributed by atoms with Crippen LogP contribution in [0.3, 0.4) is 0 Å². The number of hydrogen-bond donors (Lipinski definition) is 1. The van der Waals surface area contributed by atoms with Crippen LogP contribution in [0.1, 0.15) is 36.4 Å². The Hall–Kier alpha value is -1.39. The van der Waals surface area contributed by atoms with Crippen molar-refractivity contribution < 1.29 is 5.11 Å². The zero-order valence-electron chi connectivity index (χ0n) is 12.7. The summed E-state index contributed by atoms with van der Waals surface area (Å²) in [6.07, 6.45) is 3.13. The molecule has 1 N–H and O–H groups in total. The number of aromatic nitrogens is 1. The molecular formula is C17H22N2OS. The molecule has 0 radical (unpaired) electrons. The Bertz CT molecular complexity index is 623. The molecule has 21 heavy (non-hydrogen) atoms. The number of nitrogens with zero attached hydrogens (tertiary/aromatic N) is 2. The van der Waals surface area contributed by atoms with Crippen molar-refractivity contribution in [2.45, 2.75) is 39.7 Å². The minimum Gasteiger partial charge on any atom is -0.391 e. The standard InChI is InChI=1S/C17H22N2OS/c1-3-6-14-16(11-20)21-17(18-14)19-10-12(2)9-13-7-4-5-8-15(13)19/h4-5,7-8,12,20H,3,6,9-11H2,1-2H3. The van der Waals surface area contributed by atoms with Gasteiger partial charge in [0.25, 0.3) is 0 Å². The Kier molecular flexibility index (Phi) is 4.27. The second kappa shape index (κ2) is 6.16. The van der Waals surface area contributed by atoms with Crippen LogP contribution < -0.4 is 4.90 Å². The fourth-order valence-electron chi connectivity index (χ4n) is 3.02. The van der Waals surface area contributed by atoms with Gasteiger partial charge in [0.2, 0.25) is 0 Å². The molecule has 3 nitrogen and oxygen atoms in total. The number of hydrogen-bond acceptors (Lipinski definition) is 4. The van der Waals surface area contributed by atoms with Crippen LogP contribution in [-0.4, -0.2) is 16.6 Å². The van der Waals surface area contributed by atoms with Gasteiger partial charge in [0.1, 0.15) is 0 Å². The first-order valence-corrected chi connectivity index (χ1v) is 8.49. The molecule has 1 unspecified atom stereocenters. The molecule has 2 heterocycles. The summed E-state index contributed by atoms with van der Waals surface area (Å²) in [6, 6.07) is 8.60. The van der Waals surface area contributed by atoms with Crippen LogP contribution in [0.5, 0.6) is 0 Å². The van der Waals surface area contributed by atoms with Gasteiger partial charge >= 0.3 is 0 Å². The Morgan fingerprint density at radius 2 is 2.19 bits per heavy atom. The molecule has 0 saturated carbocycles. The van der Waals surface area contributed by atoms with E-state index in [1.165, 1.54) is 11.3 Å².